The third kappa shape index (κ3) is 4.05. The van der Waals surface area contributed by atoms with Crippen molar-refractivity contribution in [3.63, 3.8) is 0 Å². The van der Waals surface area contributed by atoms with Gasteiger partial charge in [0.2, 0.25) is 11.1 Å². The van der Waals surface area contributed by atoms with E-state index in [1.807, 2.05) is 6.92 Å². The van der Waals surface area contributed by atoms with Crippen LogP contribution in [0.2, 0.25) is 0 Å². The van der Waals surface area contributed by atoms with E-state index in [2.05, 4.69) is 0 Å². The summed E-state index contributed by atoms with van der Waals surface area (Å²) in [7, 11) is 0. The minimum atomic E-state index is -2.12. The van der Waals surface area contributed by atoms with Gasteiger partial charge in [-0.05, 0) is 12.5 Å². The van der Waals surface area contributed by atoms with Gasteiger partial charge >= 0.3 is 0 Å². The van der Waals surface area contributed by atoms with Gasteiger partial charge in [-0.1, -0.05) is 13.0 Å². The largest absolute Gasteiger partial charge is 0.301 e. The molecule has 3 nitrogen and oxygen atoms in total. The van der Waals surface area contributed by atoms with Crippen molar-refractivity contribution in [2.24, 2.45) is 0 Å². The zero-order valence-electron chi connectivity index (χ0n) is 5.13. The van der Waals surface area contributed by atoms with E-state index in [0.717, 1.165) is 6.42 Å². The lowest BCUT2D eigenvalue weighted by atomic mass is 10.4. The van der Waals surface area contributed by atoms with E-state index >= 15 is 0 Å². The topological polar surface area (TPSA) is 61.2 Å². The van der Waals surface area contributed by atoms with E-state index in [1.165, 1.54) is 6.08 Å². The molecule has 0 aliphatic rings. The smallest absolute Gasteiger partial charge is 0.204 e. The van der Waals surface area contributed by atoms with Crippen molar-refractivity contribution >= 4 is 16.1 Å². The molecule has 0 amide bonds. The Morgan fingerprint density at radius 2 is 2.44 bits per heavy atom. The molecule has 0 fully saturated rings. The summed E-state index contributed by atoms with van der Waals surface area (Å²) in [4.78, 5) is 0. The highest BCUT2D eigenvalue weighted by molar-refractivity contribution is 7.95. The molecular weight excluding hydrogens is 138 g/mol. The molecule has 4 heteroatoms. The molecule has 0 aliphatic heterocycles. The quantitative estimate of drug-likeness (QED) is 0.349. The van der Waals surface area contributed by atoms with Crippen LogP contribution in [0.25, 0.3) is 0 Å². The Kier molecular flexibility index (Phi) is 4.17. The highest BCUT2D eigenvalue weighted by Crippen LogP contribution is 1.84. The Balaban J connectivity index is 3.77. The fraction of sp³-hybridized carbons (Fsp3) is 0.400. The molecule has 9 heavy (non-hydrogen) atoms. The summed E-state index contributed by atoms with van der Waals surface area (Å²) in [5.41, 5.74) is 0. The van der Waals surface area contributed by atoms with Gasteiger partial charge in [0, 0.05) is 0 Å². The molecule has 0 aromatic rings. The Labute approximate surface area is 56.6 Å². The van der Waals surface area contributed by atoms with Crippen LogP contribution in [0.4, 0.5) is 0 Å². The third-order valence-electron chi connectivity index (χ3n) is 0.693. The van der Waals surface area contributed by atoms with Crippen molar-refractivity contribution in [3.05, 3.63) is 12.2 Å². The molecule has 0 aromatic carbocycles. The van der Waals surface area contributed by atoms with Crippen LogP contribution in [0.1, 0.15) is 13.3 Å². The number of nitrogens with one attached hydrogen (secondary N) is 1. The minimum absolute atomic E-state index is 0.253. The van der Waals surface area contributed by atoms with Crippen LogP contribution in [0.5, 0.6) is 0 Å². The molecule has 1 atom stereocenters. The highest BCUT2D eigenvalue weighted by atomic mass is 32.2. The van der Waals surface area contributed by atoms with Gasteiger partial charge in [0.05, 0.1) is 0 Å². The molecule has 0 aliphatic carbocycles. The van der Waals surface area contributed by atoms with Crippen molar-refractivity contribution in [1.82, 2.24) is 0 Å². The van der Waals surface area contributed by atoms with Crippen LogP contribution < -0.4 is 0 Å². The first-order valence-corrected chi connectivity index (χ1v) is 3.65. The average molecular weight is 147 g/mol. The summed E-state index contributed by atoms with van der Waals surface area (Å²) in [6.45, 7) is 1.89. The van der Waals surface area contributed by atoms with Crippen LogP contribution in [0, 0.1) is 5.41 Å². The molecule has 0 spiro atoms. The van der Waals surface area contributed by atoms with E-state index in [-0.39, 0.29) is 5.04 Å². The zero-order valence-corrected chi connectivity index (χ0v) is 5.94. The Hall–Kier alpha value is -0.480. The highest BCUT2D eigenvalue weighted by Gasteiger charge is 1.94. The maximum atomic E-state index is 10.0. The second-order valence-electron chi connectivity index (χ2n) is 1.42. The number of rotatable bonds is 2. The van der Waals surface area contributed by atoms with Crippen molar-refractivity contribution < 1.29 is 8.76 Å². The molecule has 0 saturated heterocycles. The summed E-state index contributed by atoms with van der Waals surface area (Å²) in [6.07, 6.45) is 3.77. The van der Waals surface area contributed by atoms with Gasteiger partial charge in [-0.15, -0.1) is 0 Å². The zero-order chi connectivity index (χ0) is 7.28. The van der Waals surface area contributed by atoms with Gasteiger partial charge in [-0.25, -0.2) is 4.21 Å². The number of hydrogen-bond donors (Lipinski definition) is 2. The van der Waals surface area contributed by atoms with E-state index in [4.69, 9.17) is 9.96 Å². The lowest BCUT2D eigenvalue weighted by Crippen LogP contribution is -1.99. The van der Waals surface area contributed by atoms with E-state index in [0.29, 0.717) is 0 Å². The molecule has 0 saturated carbocycles. The lowest BCUT2D eigenvalue weighted by Gasteiger charge is -1.85. The number of hydrogen-bond acceptors (Lipinski definition) is 2. The van der Waals surface area contributed by atoms with Crippen LogP contribution in [-0.2, 0) is 11.1 Å². The second-order valence-corrected chi connectivity index (χ2v) is 2.36. The van der Waals surface area contributed by atoms with Gasteiger partial charge < -0.3 is 4.55 Å². The summed E-state index contributed by atoms with van der Waals surface area (Å²) < 4.78 is 18.3. The van der Waals surface area contributed by atoms with Crippen molar-refractivity contribution in [3.8, 4) is 0 Å². The van der Waals surface area contributed by atoms with Crippen molar-refractivity contribution in [2.45, 2.75) is 13.3 Å². The minimum Gasteiger partial charge on any atom is -0.301 e. The summed E-state index contributed by atoms with van der Waals surface area (Å²) in [5.74, 6) is 0. The molecule has 52 valence electrons. The van der Waals surface area contributed by atoms with Gasteiger partial charge in [0.1, 0.15) is 5.04 Å². The molecule has 0 rings (SSSR count). The van der Waals surface area contributed by atoms with Crippen LogP contribution in [0.3, 0.4) is 0 Å². The monoisotopic (exact) mass is 147 g/mol. The molecule has 0 radical (unpaired) electrons. The van der Waals surface area contributed by atoms with Gasteiger partial charge in [0.15, 0.2) is 0 Å². The Bertz CT molecular complexity index is 153. The SMILES string of the molecule is CCC=CC(=N)S(=O)O. The van der Waals surface area contributed by atoms with Crippen LogP contribution >= 0.6 is 0 Å². The van der Waals surface area contributed by atoms with Gasteiger partial charge in [-0.2, -0.15) is 0 Å². The second kappa shape index (κ2) is 4.40. The van der Waals surface area contributed by atoms with Crippen LogP contribution in [0.15, 0.2) is 12.2 Å². The summed E-state index contributed by atoms with van der Waals surface area (Å²) in [6, 6.07) is 0. The standard InChI is InChI=1S/C5H9NO2S/c1-2-3-4-5(6)9(7)8/h3-4,6H,2H2,1H3,(H,7,8). The Morgan fingerprint density at radius 1 is 1.89 bits per heavy atom. The first kappa shape index (κ1) is 8.52. The summed E-state index contributed by atoms with van der Waals surface area (Å²) >= 11 is -2.12. The summed E-state index contributed by atoms with van der Waals surface area (Å²) in [5, 5.41) is 6.56. The average Bonchev–Trinajstić information content (AvgIpc) is 1.82. The molecule has 0 heterocycles. The van der Waals surface area contributed by atoms with E-state index in [1.54, 1.807) is 6.08 Å². The predicted octanol–water partition coefficient (Wildman–Crippen LogP) is 1.15. The van der Waals surface area contributed by atoms with E-state index in [9.17, 15) is 4.21 Å². The molecule has 0 bridgehead atoms. The molecular formula is C5H9NO2S. The van der Waals surface area contributed by atoms with Crippen LogP contribution in [-0.4, -0.2) is 13.8 Å². The molecule has 0 aromatic heterocycles. The van der Waals surface area contributed by atoms with E-state index < -0.39 is 11.1 Å². The fourth-order valence-electron chi connectivity index (χ4n) is 0.283. The van der Waals surface area contributed by atoms with Crippen molar-refractivity contribution in [1.29, 1.82) is 5.41 Å². The first-order chi connectivity index (χ1) is 4.18. The fourth-order valence-corrected chi connectivity index (χ4v) is 0.496. The number of allylic oxidation sites excluding steroid dienone is 1. The maximum Gasteiger partial charge on any atom is 0.204 e. The Morgan fingerprint density at radius 3 is 2.78 bits per heavy atom. The lowest BCUT2D eigenvalue weighted by molar-refractivity contribution is 0.577. The normalized spacial score (nSPS) is 14.0. The third-order valence-corrected chi connectivity index (χ3v) is 1.21. The predicted molar refractivity (Wildman–Crippen MR) is 37.9 cm³/mol. The van der Waals surface area contributed by atoms with Gasteiger partial charge in [0.25, 0.3) is 0 Å². The van der Waals surface area contributed by atoms with Crippen molar-refractivity contribution in [2.75, 3.05) is 0 Å². The maximum absolute atomic E-state index is 10.0. The first-order valence-electron chi connectivity index (χ1n) is 2.54. The van der Waals surface area contributed by atoms with Gasteiger partial charge in [-0.3, -0.25) is 5.41 Å². The molecule has 1 unspecified atom stereocenters. The molecule has 2 N–H and O–H groups in total.